The highest BCUT2D eigenvalue weighted by atomic mass is 32.2. The number of carbonyl (C=O) groups is 1. The molecule has 0 aliphatic heterocycles. The molecule has 0 saturated carbocycles. The number of nitrogens with zero attached hydrogens (tertiary/aromatic N) is 2. The number of aromatic nitrogens is 1. The first kappa shape index (κ1) is 27.2. The number of carbonyl (C=O) groups excluding carboxylic acids is 1. The van der Waals surface area contributed by atoms with E-state index in [1.54, 1.807) is 6.20 Å². The molecule has 4 nitrogen and oxygen atoms in total. The van der Waals surface area contributed by atoms with Gasteiger partial charge in [0, 0.05) is 19.3 Å². The normalized spacial score (nSPS) is 11.9. The van der Waals surface area contributed by atoms with Crippen molar-refractivity contribution >= 4 is 17.5 Å². The van der Waals surface area contributed by atoms with Gasteiger partial charge in [0.25, 0.3) is 5.89 Å². The standard InChI is InChI=1S/C25H47N2O2S/c1-5-6-7-8-9-10-11-12-13-18-24(28)25-26-22-23(29-25)17-14-15-20-30-21-16-19-27(2,3)4/h22H,5-21H2,1-4H3/q+1. The Bertz CT molecular complexity index is 552. The molecule has 0 spiro atoms. The lowest BCUT2D eigenvalue weighted by Gasteiger charge is -2.23. The van der Waals surface area contributed by atoms with Crippen LogP contribution in [0, 0.1) is 0 Å². The lowest BCUT2D eigenvalue weighted by Crippen LogP contribution is -2.35. The summed E-state index contributed by atoms with van der Waals surface area (Å²) in [4.78, 5) is 16.5. The number of hydrogen-bond donors (Lipinski definition) is 0. The molecule has 5 heteroatoms. The molecule has 1 heterocycles. The Morgan fingerprint density at radius 1 is 0.900 bits per heavy atom. The number of oxazole rings is 1. The van der Waals surface area contributed by atoms with E-state index in [1.165, 1.54) is 75.8 Å². The van der Waals surface area contributed by atoms with Crippen molar-refractivity contribution in [2.75, 3.05) is 39.2 Å². The fraction of sp³-hybridized carbons (Fsp3) is 0.840. The van der Waals surface area contributed by atoms with Gasteiger partial charge in [-0.25, -0.2) is 4.98 Å². The van der Waals surface area contributed by atoms with Crippen LogP contribution in [0.2, 0.25) is 0 Å². The molecule has 174 valence electrons. The lowest BCUT2D eigenvalue weighted by atomic mass is 10.1. The summed E-state index contributed by atoms with van der Waals surface area (Å²) in [5, 5.41) is 0. The van der Waals surface area contributed by atoms with Gasteiger partial charge in [0.2, 0.25) is 5.78 Å². The predicted molar refractivity (Wildman–Crippen MR) is 130 cm³/mol. The second-order valence-electron chi connectivity index (χ2n) is 9.57. The third-order valence-corrected chi connectivity index (χ3v) is 6.53. The van der Waals surface area contributed by atoms with Crippen molar-refractivity contribution in [2.24, 2.45) is 0 Å². The fourth-order valence-electron chi connectivity index (χ4n) is 3.50. The van der Waals surface area contributed by atoms with Gasteiger partial charge in [0.05, 0.1) is 33.9 Å². The van der Waals surface area contributed by atoms with E-state index in [-0.39, 0.29) is 5.78 Å². The minimum absolute atomic E-state index is 0.0667. The first-order valence-electron chi connectivity index (χ1n) is 12.3. The van der Waals surface area contributed by atoms with Gasteiger partial charge in [-0.3, -0.25) is 4.79 Å². The molecule has 0 amide bonds. The van der Waals surface area contributed by atoms with Crippen LogP contribution in [0.15, 0.2) is 10.6 Å². The highest BCUT2D eigenvalue weighted by Crippen LogP contribution is 2.15. The monoisotopic (exact) mass is 439 g/mol. The lowest BCUT2D eigenvalue weighted by molar-refractivity contribution is -0.870. The van der Waals surface area contributed by atoms with Crippen molar-refractivity contribution in [3.63, 3.8) is 0 Å². The Morgan fingerprint density at radius 3 is 2.20 bits per heavy atom. The van der Waals surface area contributed by atoms with E-state index in [0.717, 1.165) is 35.9 Å². The summed E-state index contributed by atoms with van der Waals surface area (Å²) < 4.78 is 6.74. The van der Waals surface area contributed by atoms with Gasteiger partial charge in [-0.15, -0.1) is 0 Å². The van der Waals surface area contributed by atoms with Crippen LogP contribution in [-0.2, 0) is 6.42 Å². The maximum Gasteiger partial charge on any atom is 0.263 e. The maximum absolute atomic E-state index is 12.3. The van der Waals surface area contributed by atoms with E-state index in [4.69, 9.17) is 4.42 Å². The molecule has 0 N–H and O–H groups in total. The van der Waals surface area contributed by atoms with Crippen molar-refractivity contribution in [1.29, 1.82) is 0 Å². The summed E-state index contributed by atoms with van der Waals surface area (Å²) in [5.41, 5.74) is 0. The van der Waals surface area contributed by atoms with Gasteiger partial charge >= 0.3 is 0 Å². The third kappa shape index (κ3) is 15.1. The SMILES string of the molecule is CCCCCCCCCCCC(=O)c1ncc(CCCCSCCC[N+](C)(C)C)o1. The minimum atomic E-state index is 0.0667. The molecule has 1 aromatic heterocycles. The van der Waals surface area contributed by atoms with E-state index in [0.29, 0.717) is 12.3 Å². The number of aryl methyl sites for hydroxylation is 1. The Labute approximate surface area is 190 Å². The molecule has 0 aromatic carbocycles. The van der Waals surface area contributed by atoms with Crippen LogP contribution in [0.3, 0.4) is 0 Å². The summed E-state index contributed by atoms with van der Waals surface area (Å²) in [5.74, 6) is 3.70. The van der Waals surface area contributed by atoms with Crippen LogP contribution in [0.1, 0.15) is 107 Å². The smallest absolute Gasteiger partial charge is 0.263 e. The Hall–Kier alpha value is -0.810. The number of quaternary nitrogens is 1. The highest BCUT2D eigenvalue weighted by molar-refractivity contribution is 7.99. The van der Waals surface area contributed by atoms with Crippen LogP contribution in [0.25, 0.3) is 0 Å². The number of thioether (sulfide) groups is 1. The molecule has 30 heavy (non-hydrogen) atoms. The molecule has 0 aliphatic rings. The molecule has 0 aliphatic carbocycles. The van der Waals surface area contributed by atoms with Gasteiger partial charge in [0.15, 0.2) is 0 Å². The Kier molecular flexibility index (Phi) is 15.3. The number of ketones is 1. The number of Topliss-reactive ketones (excluding diaryl/α,β-unsaturated/α-hetero) is 1. The fourth-order valence-corrected chi connectivity index (χ4v) is 4.45. The Morgan fingerprint density at radius 2 is 1.53 bits per heavy atom. The largest absolute Gasteiger partial charge is 0.439 e. The first-order chi connectivity index (χ1) is 14.4. The first-order valence-corrected chi connectivity index (χ1v) is 13.4. The summed E-state index contributed by atoms with van der Waals surface area (Å²) in [7, 11) is 6.74. The average molecular weight is 440 g/mol. The summed E-state index contributed by atoms with van der Waals surface area (Å²) >= 11 is 2.05. The molecule has 0 fully saturated rings. The number of unbranched alkanes of at least 4 members (excludes halogenated alkanes) is 9. The van der Waals surface area contributed by atoms with Crippen molar-refractivity contribution < 1.29 is 13.7 Å². The molecule has 0 atom stereocenters. The highest BCUT2D eigenvalue weighted by Gasteiger charge is 2.13. The van der Waals surface area contributed by atoms with Crippen LogP contribution in [0.5, 0.6) is 0 Å². The molecule has 1 rings (SSSR count). The summed E-state index contributed by atoms with van der Waals surface area (Å²) in [6.45, 7) is 3.49. The van der Waals surface area contributed by atoms with Crippen LogP contribution >= 0.6 is 11.8 Å². The molecular formula is C25H47N2O2S+. The van der Waals surface area contributed by atoms with Crippen molar-refractivity contribution in [2.45, 2.75) is 96.8 Å². The second-order valence-corrected chi connectivity index (χ2v) is 10.8. The van der Waals surface area contributed by atoms with Crippen LogP contribution in [-0.4, -0.2) is 54.4 Å². The second kappa shape index (κ2) is 16.8. The van der Waals surface area contributed by atoms with Crippen LogP contribution in [0.4, 0.5) is 0 Å². The minimum Gasteiger partial charge on any atom is -0.439 e. The van der Waals surface area contributed by atoms with E-state index in [2.05, 4.69) is 33.1 Å². The summed E-state index contributed by atoms with van der Waals surface area (Å²) in [6.07, 6.45) is 18.2. The van der Waals surface area contributed by atoms with Gasteiger partial charge in [-0.1, -0.05) is 58.3 Å². The zero-order chi connectivity index (χ0) is 22.1. The molecular weight excluding hydrogens is 392 g/mol. The third-order valence-electron chi connectivity index (χ3n) is 5.38. The van der Waals surface area contributed by atoms with Gasteiger partial charge in [-0.2, -0.15) is 11.8 Å². The van der Waals surface area contributed by atoms with E-state index in [1.807, 2.05) is 11.8 Å². The van der Waals surface area contributed by atoms with Crippen molar-refractivity contribution in [3.8, 4) is 0 Å². The number of hydrogen-bond acceptors (Lipinski definition) is 4. The Balaban J connectivity index is 2.02. The molecule has 0 bridgehead atoms. The quantitative estimate of drug-likeness (QED) is 0.125. The zero-order valence-corrected chi connectivity index (χ0v) is 21.0. The van der Waals surface area contributed by atoms with Gasteiger partial charge in [0.1, 0.15) is 5.76 Å². The topological polar surface area (TPSA) is 43.1 Å². The van der Waals surface area contributed by atoms with Crippen molar-refractivity contribution in [1.82, 2.24) is 4.98 Å². The zero-order valence-electron chi connectivity index (χ0n) is 20.2. The van der Waals surface area contributed by atoms with Gasteiger partial charge in [-0.05, 0) is 30.8 Å². The van der Waals surface area contributed by atoms with Gasteiger partial charge < -0.3 is 8.90 Å². The average Bonchev–Trinajstić information content (AvgIpc) is 3.17. The van der Waals surface area contributed by atoms with E-state index >= 15 is 0 Å². The predicted octanol–water partition coefficient (Wildman–Crippen LogP) is 6.93. The maximum atomic E-state index is 12.3. The number of rotatable bonds is 20. The molecule has 0 radical (unpaired) electrons. The van der Waals surface area contributed by atoms with E-state index < -0.39 is 0 Å². The van der Waals surface area contributed by atoms with Crippen LogP contribution < -0.4 is 0 Å². The molecule has 1 aromatic rings. The summed E-state index contributed by atoms with van der Waals surface area (Å²) in [6, 6.07) is 0. The van der Waals surface area contributed by atoms with E-state index in [9.17, 15) is 4.79 Å². The van der Waals surface area contributed by atoms with Crippen molar-refractivity contribution in [3.05, 3.63) is 17.8 Å². The molecule has 0 unspecified atom stereocenters. The molecule has 0 saturated heterocycles.